The minimum Gasteiger partial charge on any atom is -0.444 e. The number of carbonyl (C=O) groups is 1. The molecule has 5 heteroatoms. The largest absolute Gasteiger partial charge is 0.444 e. The molecule has 3 atom stereocenters. The molecule has 1 heterocycles. The van der Waals surface area contributed by atoms with Gasteiger partial charge in [-0.2, -0.15) is 0 Å². The van der Waals surface area contributed by atoms with Crippen molar-refractivity contribution in [1.82, 2.24) is 10.2 Å². The molecule has 0 aromatic rings. The molecule has 0 aromatic heterocycles. The highest BCUT2D eigenvalue weighted by molar-refractivity contribution is 5.68. The maximum atomic E-state index is 12.1. The predicted octanol–water partition coefficient (Wildman–Crippen LogP) is 2.14. The molecule has 5 nitrogen and oxygen atoms in total. The van der Waals surface area contributed by atoms with Crippen LogP contribution in [-0.4, -0.2) is 53.5 Å². The van der Waals surface area contributed by atoms with Gasteiger partial charge in [0.2, 0.25) is 0 Å². The number of hydrogen-bond donors (Lipinski definition) is 2. The van der Waals surface area contributed by atoms with Crippen molar-refractivity contribution in [3.63, 3.8) is 0 Å². The Hall–Kier alpha value is -0.810. The maximum Gasteiger partial charge on any atom is 0.410 e. The number of carbonyl (C=O) groups excluding carboxylic acids is 1. The summed E-state index contributed by atoms with van der Waals surface area (Å²) in [5.74, 6) is 0.370. The molecule has 122 valence electrons. The molecule has 1 aliphatic heterocycles. The van der Waals surface area contributed by atoms with Crippen LogP contribution in [0.2, 0.25) is 0 Å². The molecule has 0 radical (unpaired) electrons. The monoisotopic (exact) mass is 298 g/mol. The van der Waals surface area contributed by atoms with Crippen LogP contribution >= 0.6 is 0 Å². The van der Waals surface area contributed by atoms with E-state index in [1.807, 2.05) is 20.8 Å². The summed E-state index contributed by atoms with van der Waals surface area (Å²) in [7, 11) is 0. The van der Waals surface area contributed by atoms with Crippen LogP contribution in [0.25, 0.3) is 0 Å². The van der Waals surface area contributed by atoms with Crippen molar-refractivity contribution in [1.29, 1.82) is 0 Å². The first-order valence-electron chi connectivity index (χ1n) is 8.24. The summed E-state index contributed by atoms with van der Waals surface area (Å²) in [6.07, 6.45) is 5.45. The molecule has 0 unspecified atom stereocenters. The maximum absolute atomic E-state index is 12.1. The summed E-state index contributed by atoms with van der Waals surface area (Å²) in [5.41, 5.74) is -0.437. The van der Waals surface area contributed by atoms with Gasteiger partial charge in [0.05, 0.1) is 0 Å². The number of ether oxygens (including phenoxy) is 1. The molecule has 1 aliphatic carbocycles. The summed E-state index contributed by atoms with van der Waals surface area (Å²) in [4.78, 5) is 13.8. The normalized spacial score (nSPS) is 30.5. The van der Waals surface area contributed by atoms with Gasteiger partial charge in [0.25, 0.3) is 0 Å². The Morgan fingerprint density at radius 2 is 2.00 bits per heavy atom. The first-order chi connectivity index (χ1) is 9.89. The number of rotatable bonds is 3. The van der Waals surface area contributed by atoms with Crippen molar-refractivity contribution in [2.45, 2.75) is 70.6 Å². The lowest BCUT2D eigenvalue weighted by molar-refractivity contribution is 0.0288. The molecule has 0 aromatic carbocycles. The van der Waals surface area contributed by atoms with E-state index in [4.69, 9.17) is 4.74 Å². The molecular weight excluding hydrogens is 268 g/mol. The van der Waals surface area contributed by atoms with Crippen molar-refractivity contribution in [2.75, 3.05) is 19.7 Å². The summed E-state index contributed by atoms with van der Waals surface area (Å²) < 4.78 is 5.42. The number of likely N-dealkylation sites (tertiary alicyclic amines) is 1. The molecule has 1 saturated carbocycles. The Balaban J connectivity index is 1.80. The number of hydrogen-bond acceptors (Lipinski definition) is 4. The Bertz CT molecular complexity index is 354. The Morgan fingerprint density at radius 1 is 1.29 bits per heavy atom. The zero-order valence-corrected chi connectivity index (χ0v) is 13.6. The lowest BCUT2D eigenvalue weighted by Crippen LogP contribution is -2.47. The molecule has 2 aliphatic rings. The van der Waals surface area contributed by atoms with Gasteiger partial charge in [-0.25, -0.2) is 4.79 Å². The highest BCUT2D eigenvalue weighted by atomic mass is 16.6. The number of aliphatic hydroxyl groups excluding tert-OH is 1. The van der Waals surface area contributed by atoms with E-state index >= 15 is 0 Å². The van der Waals surface area contributed by atoms with Crippen LogP contribution in [0.4, 0.5) is 4.79 Å². The van der Waals surface area contributed by atoms with Crippen molar-refractivity contribution < 1.29 is 14.6 Å². The number of aliphatic hydroxyl groups is 1. The Kier molecular flexibility index (Phi) is 5.49. The lowest BCUT2D eigenvalue weighted by atomic mass is 9.84. The number of nitrogens with one attached hydrogen (secondary N) is 1. The van der Waals surface area contributed by atoms with E-state index in [1.165, 1.54) is 12.8 Å². The molecule has 21 heavy (non-hydrogen) atoms. The van der Waals surface area contributed by atoms with Gasteiger partial charge in [0.1, 0.15) is 5.60 Å². The van der Waals surface area contributed by atoms with Crippen LogP contribution in [-0.2, 0) is 4.74 Å². The van der Waals surface area contributed by atoms with Crippen LogP contribution in [0.15, 0.2) is 0 Å². The topological polar surface area (TPSA) is 61.8 Å². The molecule has 1 amide bonds. The van der Waals surface area contributed by atoms with E-state index in [1.54, 1.807) is 4.90 Å². The lowest BCUT2D eigenvalue weighted by Gasteiger charge is -2.33. The Morgan fingerprint density at radius 3 is 2.67 bits per heavy atom. The first-order valence-corrected chi connectivity index (χ1v) is 8.24. The van der Waals surface area contributed by atoms with E-state index in [2.05, 4.69) is 5.32 Å². The van der Waals surface area contributed by atoms with Gasteiger partial charge in [-0.15, -0.1) is 0 Å². The van der Waals surface area contributed by atoms with Crippen molar-refractivity contribution in [2.24, 2.45) is 5.92 Å². The highest BCUT2D eigenvalue weighted by Gasteiger charge is 2.33. The van der Waals surface area contributed by atoms with Gasteiger partial charge in [0, 0.05) is 31.8 Å². The van der Waals surface area contributed by atoms with Gasteiger partial charge in [0.15, 0.2) is 0 Å². The van der Waals surface area contributed by atoms with E-state index in [9.17, 15) is 9.90 Å². The fourth-order valence-corrected chi connectivity index (χ4v) is 3.34. The summed E-state index contributed by atoms with van der Waals surface area (Å²) in [6, 6.07) is 0.724. The molecule has 0 bridgehead atoms. The predicted molar refractivity (Wildman–Crippen MR) is 82.2 cm³/mol. The summed E-state index contributed by atoms with van der Waals surface area (Å²) >= 11 is 0. The molecule has 2 N–H and O–H groups in total. The van der Waals surface area contributed by atoms with Gasteiger partial charge < -0.3 is 20.1 Å². The third kappa shape index (κ3) is 4.85. The van der Waals surface area contributed by atoms with Crippen molar-refractivity contribution in [3.8, 4) is 0 Å². The summed E-state index contributed by atoms with van der Waals surface area (Å²) in [5, 5.41) is 13.1. The third-order valence-electron chi connectivity index (χ3n) is 4.43. The standard InChI is InChI=1S/C16H30N2O3/c1-16(2,3)21-15(20)18-9-8-13(10-18)17-14-7-5-4-6-12(14)11-19/h12-14,17,19H,4-11H2,1-3H3/t12-,13-,14+/m1/s1. The first kappa shape index (κ1) is 16.6. The molecular formula is C16H30N2O3. The van der Waals surface area contributed by atoms with Crippen LogP contribution in [0.5, 0.6) is 0 Å². The molecule has 0 spiro atoms. The SMILES string of the molecule is CC(C)(C)OC(=O)N1CC[C@@H](N[C@H]2CCCC[C@@H]2CO)C1. The van der Waals surface area contributed by atoms with Crippen LogP contribution in [0.3, 0.4) is 0 Å². The quantitative estimate of drug-likeness (QED) is 0.838. The molecule has 2 rings (SSSR count). The van der Waals surface area contributed by atoms with Gasteiger partial charge in [-0.3, -0.25) is 0 Å². The van der Waals surface area contributed by atoms with E-state index in [-0.39, 0.29) is 12.7 Å². The third-order valence-corrected chi connectivity index (χ3v) is 4.43. The van der Waals surface area contributed by atoms with E-state index < -0.39 is 5.60 Å². The average Bonchev–Trinajstić information content (AvgIpc) is 2.86. The van der Waals surface area contributed by atoms with Gasteiger partial charge >= 0.3 is 6.09 Å². The highest BCUT2D eigenvalue weighted by Crippen LogP contribution is 2.25. The minimum atomic E-state index is -0.437. The van der Waals surface area contributed by atoms with Crippen LogP contribution in [0, 0.1) is 5.92 Å². The molecule has 2 fully saturated rings. The fourth-order valence-electron chi connectivity index (χ4n) is 3.34. The van der Waals surface area contributed by atoms with Gasteiger partial charge in [-0.1, -0.05) is 12.8 Å². The second kappa shape index (κ2) is 6.97. The van der Waals surface area contributed by atoms with Gasteiger partial charge in [-0.05, 0) is 46.0 Å². The zero-order chi connectivity index (χ0) is 15.5. The van der Waals surface area contributed by atoms with E-state index in [0.717, 1.165) is 25.8 Å². The second-order valence-corrected chi connectivity index (χ2v) is 7.41. The summed E-state index contributed by atoms with van der Waals surface area (Å²) in [6.45, 7) is 7.41. The zero-order valence-electron chi connectivity index (χ0n) is 13.6. The number of amides is 1. The minimum absolute atomic E-state index is 0.214. The Labute approximate surface area is 128 Å². The second-order valence-electron chi connectivity index (χ2n) is 7.41. The van der Waals surface area contributed by atoms with Crippen molar-refractivity contribution in [3.05, 3.63) is 0 Å². The van der Waals surface area contributed by atoms with Crippen LogP contribution < -0.4 is 5.32 Å². The molecule has 1 saturated heterocycles. The fraction of sp³-hybridized carbons (Fsp3) is 0.938. The average molecular weight is 298 g/mol. The smallest absolute Gasteiger partial charge is 0.410 e. The van der Waals surface area contributed by atoms with E-state index in [0.29, 0.717) is 24.5 Å². The van der Waals surface area contributed by atoms with Crippen molar-refractivity contribution >= 4 is 6.09 Å². The number of nitrogens with zero attached hydrogens (tertiary/aromatic N) is 1. The van der Waals surface area contributed by atoms with Crippen LogP contribution in [0.1, 0.15) is 52.9 Å².